The van der Waals surface area contributed by atoms with Crippen LogP contribution in [-0.4, -0.2) is 41.4 Å². The van der Waals surface area contributed by atoms with Crippen molar-refractivity contribution in [1.29, 1.82) is 0 Å². The minimum Gasteiger partial charge on any atom is -0.444 e. The lowest BCUT2D eigenvalue weighted by molar-refractivity contribution is 0.0122. The van der Waals surface area contributed by atoms with Crippen molar-refractivity contribution in [2.45, 2.75) is 44.6 Å². The molecule has 0 aromatic heterocycles. The van der Waals surface area contributed by atoms with Gasteiger partial charge in [0.05, 0.1) is 6.61 Å². The van der Waals surface area contributed by atoms with Crippen LogP contribution in [-0.2, 0) is 10.2 Å². The molecule has 2 rings (SSSR count). The fourth-order valence-corrected chi connectivity index (χ4v) is 2.81. The highest BCUT2D eigenvalue weighted by atomic mass is 19.2. The quantitative estimate of drug-likeness (QED) is 0.907. The molecule has 1 aliphatic heterocycles. The molecule has 1 aliphatic rings. The number of aliphatic hydroxyl groups is 1. The van der Waals surface area contributed by atoms with E-state index in [1.165, 1.54) is 6.07 Å². The van der Waals surface area contributed by atoms with Crippen LogP contribution in [0.5, 0.6) is 0 Å². The highest BCUT2D eigenvalue weighted by Crippen LogP contribution is 2.36. The number of piperidine rings is 1. The first-order valence-corrected chi connectivity index (χ1v) is 7.71. The topological polar surface area (TPSA) is 49.8 Å². The number of carbonyl (C=O) groups is 1. The Hall–Kier alpha value is -1.69. The highest BCUT2D eigenvalue weighted by Gasteiger charge is 2.38. The Morgan fingerprint density at radius 3 is 2.35 bits per heavy atom. The fraction of sp³-hybridized carbons (Fsp3) is 0.588. The van der Waals surface area contributed by atoms with Crippen LogP contribution in [0.25, 0.3) is 0 Å². The number of carbonyl (C=O) groups excluding carboxylic acids is 1. The maximum Gasteiger partial charge on any atom is 0.410 e. The zero-order chi connectivity index (χ0) is 17.3. The van der Waals surface area contributed by atoms with Crippen molar-refractivity contribution in [2.24, 2.45) is 0 Å². The van der Waals surface area contributed by atoms with E-state index in [4.69, 9.17) is 4.74 Å². The van der Waals surface area contributed by atoms with Crippen molar-refractivity contribution in [3.63, 3.8) is 0 Å². The molecule has 128 valence electrons. The molecular formula is C17H23F2NO3. The van der Waals surface area contributed by atoms with Crippen molar-refractivity contribution in [3.8, 4) is 0 Å². The second-order valence-electron chi connectivity index (χ2n) is 7.03. The first-order chi connectivity index (χ1) is 10.7. The third-order valence-electron chi connectivity index (χ3n) is 4.21. The van der Waals surface area contributed by atoms with Crippen LogP contribution in [0.1, 0.15) is 39.2 Å². The van der Waals surface area contributed by atoms with Gasteiger partial charge in [-0.15, -0.1) is 0 Å². The van der Waals surface area contributed by atoms with E-state index < -0.39 is 28.7 Å². The lowest BCUT2D eigenvalue weighted by Gasteiger charge is -2.41. The van der Waals surface area contributed by atoms with Gasteiger partial charge in [-0.25, -0.2) is 13.6 Å². The Morgan fingerprint density at radius 2 is 1.87 bits per heavy atom. The molecule has 1 fully saturated rings. The maximum absolute atomic E-state index is 13.5. The minimum absolute atomic E-state index is 0.180. The monoisotopic (exact) mass is 327 g/mol. The molecule has 0 radical (unpaired) electrons. The number of rotatable bonds is 2. The van der Waals surface area contributed by atoms with Gasteiger partial charge in [0.15, 0.2) is 11.6 Å². The molecule has 4 nitrogen and oxygen atoms in total. The maximum atomic E-state index is 13.5. The van der Waals surface area contributed by atoms with E-state index in [2.05, 4.69) is 0 Å². The Balaban J connectivity index is 2.10. The summed E-state index contributed by atoms with van der Waals surface area (Å²) in [4.78, 5) is 13.7. The van der Waals surface area contributed by atoms with Crippen molar-refractivity contribution in [1.82, 2.24) is 4.90 Å². The van der Waals surface area contributed by atoms with Crippen LogP contribution in [0.4, 0.5) is 13.6 Å². The van der Waals surface area contributed by atoms with Crippen molar-refractivity contribution in [3.05, 3.63) is 35.4 Å². The average Bonchev–Trinajstić information content (AvgIpc) is 2.48. The van der Waals surface area contributed by atoms with E-state index in [-0.39, 0.29) is 6.61 Å². The minimum atomic E-state index is -0.926. The summed E-state index contributed by atoms with van der Waals surface area (Å²) in [6, 6.07) is 3.70. The Kier molecular flexibility index (Phi) is 4.94. The standard InChI is InChI=1S/C17H23F2NO3/c1-16(2,3)23-15(22)20-8-6-17(11-21,7-9-20)12-4-5-13(18)14(19)10-12/h4-5,10,21H,6-9,11H2,1-3H3. The number of likely N-dealkylation sites (tertiary alicyclic amines) is 1. The van der Waals surface area contributed by atoms with Crippen molar-refractivity contribution in [2.75, 3.05) is 19.7 Å². The molecule has 0 atom stereocenters. The molecular weight excluding hydrogens is 304 g/mol. The average molecular weight is 327 g/mol. The van der Waals surface area contributed by atoms with Crippen LogP contribution >= 0.6 is 0 Å². The van der Waals surface area contributed by atoms with E-state index in [0.29, 0.717) is 31.5 Å². The predicted octanol–water partition coefficient (Wildman–Crippen LogP) is 3.23. The predicted molar refractivity (Wildman–Crippen MR) is 82.2 cm³/mol. The van der Waals surface area contributed by atoms with Gasteiger partial charge in [-0.05, 0) is 51.3 Å². The first-order valence-electron chi connectivity index (χ1n) is 7.71. The summed E-state index contributed by atoms with van der Waals surface area (Å²) in [5.41, 5.74) is -0.668. The second kappa shape index (κ2) is 6.43. The number of amides is 1. The summed E-state index contributed by atoms with van der Waals surface area (Å²) < 4.78 is 31.9. The summed E-state index contributed by atoms with van der Waals surface area (Å²) in [6.07, 6.45) is 0.538. The normalized spacial score (nSPS) is 17.9. The molecule has 1 amide bonds. The third kappa shape index (κ3) is 3.99. The molecule has 1 saturated heterocycles. The number of hydrogen-bond donors (Lipinski definition) is 1. The number of benzene rings is 1. The van der Waals surface area contributed by atoms with E-state index in [1.54, 1.807) is 25.7 Å². The van der Waals surface area contributed by atoms with Gasteiger partial charge in [0.25, 0.3) is 0 Å². The highest BCUT2D eigenvalue weighted by molar-refractivity contribution is 5.68. The molecule has 6 heteroatoms. The molecule has 0 saturated carbocycles. The second-order valence-corrected chi connectivity index (χ2v) is 7.03. The number of nitrogens with zero attached hydrogens (tertiary/aromatic N) is 1. The van der Waals surface area contributed by atoms with Gasteiger partial charge in [-0.2, -0.15) is 0 Å². The SMILES string of the molecule is CC(C)(C)OC(=O)N1CCC(CO)(c2ccc(F)c(F)c2)CC1. The lowest BCUT2D eigenvalue weighted by atomic mass is 9.73. The van der Waals surface area contributed by atoms with E-state index in [1.807, 2.05) is 0 Å². The number of aliphatic hydroxyl groups excluding tert-OH is 1. The molecule has 1 aromatic rings. The molecule has 0 bridgehead atoms. The molecule has 0 aliphatic carbocycles. The summed E-state index contributed by atoms with van der Waals surface area (Å²) in [5.74, 6) is -1.84. The van der Waals surface area contributed by atoms with Gasteiger partial charge in [0, 0.05) is 18.5 Å². The molecule has 23 heavy (non-hydrogen) atoms. The Bertz CT molecular complexity index is 576. The third-order valence-corrected chi connectivity index (χ3v) is 4.21. The van der Waals surface area contributed by atoms with Gasteiger partial charge in [-0.3, -0.25) is 0 Å². The van der Waals surface area contributed by atoms with Crippen LogP contribution in [0.2, 0.25) is 0 Å². The van der Waals surface area contributed by atoms with Gasteiger partial charge in [0.1, 0.15) is 5.60 Å². The van der Waals surface area contributed by atoms with Crippen LogP contribution < -0.4 is 0 Å². The molecule has 1 N–H and O–H groups in total. The zero-order valence-corrected chi connectivity index (χ0v) is 13.7. The smallest absolute Gasteiger partial charge is 0.410 e. The van der Waals surface area contributed by atoms with Crippen LogP contribution in [0, 0.1) is 11.6 Å². The number of hydrogen-bond acceptors (Lipinski definition) is 3. The van der Waals surface area contributed by atoms with Crippen molar-refractivity contribution < 1.29 is 23.4 Å². The molecule has 1 heterocycles. The van der Waals surface area contributed by atoms with Gasteiger partial charge < -0.3 is 14.7 Å². The largest absolute Gasteiger partial charge is 0.444 e. The molecule has 0 spiro atoms. The van der Waals surface area contributed by atoms with Gasteiger partial charge in [-0.1, -0.05) is 6.07 Å². The van der Waals surface area contributed by atoms with Gasteiger partial charge >= 0.3 is 6.09 Å². The number of halogens is 2. The first kappa shape index (κ1) is 17.7. The lowest BCUT2D eigenvalue weighted by Crippen LogP contribution is -2.48. The van der Waals surface area contributed by atoms with E-state index in [9.17, 15) is 18.7 Å². The van der Waals surface area contributed by atoms with E-state index >= 15 is 0 Å². The summed E-state index contributed by atoms with van der Waals surface area (Å²) >= 11 is 0. The Labute approximate surface area is 135 Å². The zero-order valence-electron chi connectivity index (χ0n) is 13.7. The summed E-state index contributed by atoms with van der Waals surface area (Å²) in [7, 11) is 0. The molecule has 1 aromatic carbocycles. The van der Waals surface area contributed by atoms with Gasteiger partial charge in [0.2, 0.25) is 0 Å². The number of ether oxygens (including phenoxy) is 1. The van der Waals surface area contributed by atoms with Crippen LogP contribution in [0.3, 0.4) is 0 Å². The van der Waals surface area contributed by atoms with E-state index in [0.717, 1.165) is 12.1 Å². The van der Waals surface area contributed by atoms with Crippen molar-refractivity contribution >= 4 is 6.09 Å². The Morgan fingerprint density at radius 1 is 1.26 bits per heavy atom. The summed E-state index contributed by atoms with van der Waals surface area (Å²) in [5, 5.41) is 9.82. The van der Waals surface area contributed by atoms with Crippen LogP contribution in [0.15, 0.2) is 18.2 Å². The fourth-order valence-electron chi connectivity index (χ4n) is 2.81. The summed E-state index contributed by atoms with van der Waals surface area (Å²) in [6.45, 7) is 6.01. The molecule has 0 unspecified atom stereocenters.